The highest BCUT2D eigenvalue weighted by Crippen LogP contribution is 2.35. The Morgan fingerprint density at radius 1 is 1.16 bits per heavy atom. The summed E-state index contributed by atoms with van der Waals surface area (Å²) in [5.41, 5.74) is 2.20. The van der Waals surface area contributed by atoms with Gasteiger partial charge in [-0.05, 0) is 51.6 Å². The molecule has 6 heteroatoms. The summed E-state index contributed by atoms with van der Waals surface area (Å²) in [6, 6.07) is 2.03. The smallest absolute Gasteiger partial charge is 0.216 e. The molecule has 1 aliphatic carbocycles. The van der Waals surface area contributed by atoms with Crippen molar-refractivity contribution in [1.29, 1.82) is 0 Å². The molecule has 2 fully saturated rings. The topological polar surface area (TPSA) is 64.3 Å². The molecule has 1 saturated heterocycles. The van der Waals surface area contributed by atoms with Gasteiger partial charge >= 0.3 is 0 Å². The Labute approximate surface area is 148 Å². The molecule has 6 nitrogen and oxygen atoms in total. The summed E-state index contributed by atoms with van der Waals surface area (Å²) in [5.74, 6) is 2.87. The maximum absolute atomic E-state index is 5.97. The summed E-state index contributed by atoms with van der Waals surface area (Å²) in [6.07, 6.45) is 9.29. The molecule has 2 aromatic heterocycles. The number of likely N-dealkylation sites (tertiary alicyclic amines) is 1. The lowest BCUT2D eigenvalue weighted by Crippen LogP contribution is -2.35. The van der Waals surface area contributed by atoms with Crippen LogP contribution in [-0.4, -0.2) is 39.5 Å². The molecule has 0 atom stereocenters. The third-order valence-corrected chi connectivity index (χ3v) is 5.58. The van der Waals surface area contributed by atoms with E-state index < -0.39 is 0 Å². The molecule has 0 radical (unpaired) electrons. The molecule has 0 aromatic carbocycles. The Balaban J connectivity index is 1.23. The first-order chi connectivity index (χ1) is 12.3. The fourth-order valence-corrected chi connectivity index (χ4v) is 3.57. The highest BCUT2D eigenvalue weighted by molar-refractivity contribution is 5.18. The van der Waals surface area contributed by atoms with Crippen molar-refractivity contribution in [2.75, 3.05) is 19.7 Å². The van der Waals surface area contributed by atoms with Crippen LogP contribution in [0.15, 0.2) is 23.2 Å². The molecule has 0 N–H and O–H groups in total. The molecule has 4 rings (SSSR count). The number of aryl methyl sites for hydroxylation is 1. The molecule has 3 heterocycles. The van der Waals surface area contributed by atoms with E-state index >= 15 is 0 Å². The van der Waals surface area contributed by atoms with Crippen molar-refractivity contribution in [3.63, 3.8) is 0 Å². The van der Waals surface area contributed by atoms with Gasteiger partial charge in [0.1, 0.15) is 12.1 Å². The number of hydrogen-bond donors (Lipinski definition) is 0. The molecule has 25 heavy (non-hydrogen) atoms. The third-order valence-electron chi connectivity index (χ3n) is 5.58. The largest absolute Gasteiger partial charge is 0.477 e. The van der Waals surface area contributed by atoms with Crippen molar-refractivity contribution in [3.8, 4) is 5.88 Å². The minimum Gasteiger partial charge on any atom is -0.477 e. The maximum Gasteiger partial charge on any atom is 0.216 e. The van der Waals surface area contributed by atoms with Crippen LogP contribution < -0.4 is 4.74 Å². The van der Waals surface area contributed by atoms with Crippen LogP contribution in [0.2, 0.25) is 0 Å². The van der Waals surface area contributed by atoms with Crippen molar-refractivity contribution < 1.29 is 9.15 Å². The van der Waals surface area contributed by atoms with Gasteiger partial charge in [-0.15, -0.1) is 0 Å². The second-order valence-corrected chi connectivity index (χ2v) is 7.29. The normalized spacial score (nSPS) is 19.7. The van der Waals surface area contributed by atoms with Gasteiger partial charge < -0.3 is 9.15 Å². The van der Waals surface area contributed by atoms with Crippen molar-refractivity contribution in [2.24, 2.45) is 5.92 Å². The van der Waals surface area contributed by atoms with E-state index in [1.54, 1.807) is 6.33 Å². The summed E-state index contributed by atoms with van der Waals surface area (Å²) >= 11 is 0. The number of oxazole rings is 1. The first kappa shape index (κ1) is 16.5. The zero-order chi connectivity index (χ0) is 17.1. The first-order valence-corrected chi connectivity index (χ1v) is 9.34. The minimum absolute atomic E-state index is 0.594. The van der Waals surface area contributed by atoms with Crippen LogP contribution in [0.1, 0.15) is 55.2 Å². The van der Waals surface area contributed by atoms with Crippen LogP contribution in [0, 0.1) is 12.8 Å². The molecular weight excluding hydrogens is 316 g/mol. The van der Waals surface area contributed by atoms with E-state index in [-0.39, 0.29) is 0 Å². The second-order valence-electron chi connectivity index (χ2n) is 7.29. The molecule has 1 aliphatic heterocycles. The second kappa shape index (κ2) is 7.52. The SMILES string of the molecule is Cc1ocnc1CN1CCC(COc2cc(C3CCC3)ncn2)CC1. The fourth-order valence-electron chi connectivity index (χ4n) is 3.57. The summed E-state index contributed by atoms with van der Waals surface area (Å²) in [7, 11) is 0. The monoisotopic (exact) mass is 342 g/mol. The average Bonchev–Trinajstić information content (AvgIpc) is 2.98. The average molecular weight is 342 g/mol. The number of aromatic nitrogens is 3. The Morgan fingerprint density at radius 2 is 2.00 bits per heavy atom. The van der Waals surface area contributed by atoms with Crippen LogP contribution >= 0.6 is 0 Å². The summed E-state index contributed by atoms with van der Waals surface area (Å²) in [4.78, 5) is 15.4. The van der Waals surface area contributed by atoms with Crippen molar-refractivity contribution >= 4 is 0 Å². The maximum atomic E-state index is 5.97. The lowest BCUT2D eigenvalue weighted by Gasteiger charge is -2.31. The number of nitrogens with zero attached hydrogens (tertiary/aromatic N) is 4. The predicted molar refractivity (Wildman–Crippen MR) is 93.4 cm³/mol. The molecule has 0 spiro atoms. The molecule has 0 unspecified atom stereocenters. The van der Waals surface area contributed by atoms with E-state index in [0.29, 0.717) is 11.8 Å². The van der Waals surface area contributed by atoms with E-state index in [9.17, 15) is 0 Å². The molecular formula is C19H26N4O2. The van der Waals surface area contributed by atoms with E-state index in [4.69, 9.17) is 9.15 Å². The van der Waals surface area contributed by atoms with Crippen LogP contribution in [0.25, 0.3) is 0 Å². The molecule has 1 saturated carbocycles. The summed E-state index contributed by atoms with van der Waals surface area (Å²) in [5, 5.41) is 0. The zero-order valence-electron chi connectivity index (χ0n) is 14.9. The molecule has 134 valence electrons. The Morgan fingerprint density at radius 3 is 2.68 bits per heavy atom. The van der Waals surface area contributed by atoms with Crippen molar-refractivity contribution in [1.82, 2.24) is 19.9 Å². The van der Waals surface area contributed by atoms with Gasteiger partial charge in [0.15, 0.2) is 6.39 Å². The molecule has 0 bridgehead atoms. The van der Waals surface area contributed by atoms with E-state index in [0.717, 1.165) is 62.1 Å². The van der Waals surface area contributed by atoms with Crippen LogP contribution in [0.3, 0.4) is 0 Å². The standard InChI is InChI=1S/C19H26N4O2/c1-14-18(22-13-25-14)10-23-7-5-15(6-8-23)11-24-19-9-17(20-12-21-19)16-3-2-4-16/h9,12-13,15-16H,2-8,10-11H2,1H3. The predicted octanol–water partition coefficient (Wildman–Crippen LogP) is 3.33. The van der Waals surface area contributed by atoms with Crippen LogP contribution in [0.4, 0.5) is 0 Å². The Kier molecular flexibility index (Phi) is 4.97. The molecule has 2 aliphatic rings. The summed E-state index contributed by atoms with van der Waals surface area (Å²) in [6.45, 7) is 5.77. The Hall–Kier alpha value is -1.95. The van der Waals surface area contributed by atoms with Gasteiger partial charge in [-0.2, -0.15) is 0 Å². The fraction of sp³-hybridized carbons (Fsp3) is 0.632. The minimum atomic E-state index is 0.594. The number of rotatable bonds is 6. The van der Waals surface area contributed by atoms with Gasteiger partial charge in [-0.3, -0.25) is 4.90 Å². The highest BCUT2D eigenvalue weighted by atomic mass is 16.5. The van der Waals surface area contributed by atoms with Crippen LogP contribution in [-0.2, 0) is 6.54 Å². The lowest BCUT2D eigenvalue weighted by molar-refractivity contribution is 0.133. The van der Waals surface area contributed by atoms with Gasteiger partial charge in [0.25, 0.3) is 0 Å². The van der Waals surface area contributed by atoms with Gasteiger partial charge in [0.2, 0.25) is 5.88 Å². The van der Waals surface area contributed by atoms with E-state index in [2.05, 4.69) is 19.9 Å². The third kappa shape index (κ3) is 4.00. The summed E-state index contributed by atoms with van der Waals surface area (Å²) < 4.78 is 11.3. The lowest BCUT2D eigenvalue weighted by atomic mass is 9.83. The number of piperidine rings is 1. The van der Waals surface area contributed by atoms with E-state index in [1.165, 1.54) is 25.7 Å². The van der Waals surface area contributed by atoms with Crippen molar-refractivity contribution in [3.05, 3.63) is 35.9 Å². The highest BCUT2D eigenvalue weighted by Gasteiger charge is 2.23. The van der Waals surface area contributed by atoms with Gasteiger partial charge in [0.05, 0.1) is 18.0 Å². The van der Waals surface area contributed by atoms with Crippen molar-refractivity contribution in [2.45, 2.75) is 51.5 Å². The first-order valence-electron chi connectivity index (χ1n) is 9.34. The van der Waals surface area contributed by atoms with Crippen LogP contribution in [0.5, 0.6) is 5.88 Å². The zero-order valence-corrected chi connectivity index (χ0v) is 14.9. The van der Waals surface area contributed by atoms with Gasteiger partial charge in [0, 0.05) is 18.5 Å². The van der Waals surface area contributed by atoms with Gasteiger partial charge in [-0.1, -0.05) is 6.42 Å². The van der Waals surface area contributed by atoms with Gasteiger partial charge in [-0.25, -0.2) is 15.0 Å². The van der Waals surface area contributed by atoms with E-state index in [1.807, 2.05) is 13.0 Å². The Bertz CT molecular complexity index is 690. The number of ether oxygens (including phenoxy) is 1. The quantitative estimate of drug-likeness (QED) is 0.802. The number of hydrogen-bond acceptors (Lipinski definition) is 6. The molecule has 0 amide bonds. The molecule has 2 aromatic rings.